The Hall–Kier alpha value is -4.31. The number of carbonyl (C=O) groups is 2. The molecule has 1 amide bonds. The quantitative estimate of drug-likeness (QED) is 0.364. The van der Waals surface area contributed by atoms with Gasteiger partial charge in [0.05, 0.1) is 10.6 Å². The molecule has 0 saturated carbocycles. The van der Waals surface area contributed by atoms with E-state index in [-0.39, 0.29) is 22.0 Å². The molecule has 2 aromatic carbocycles. The summed E-state index contributed by atoms with van der Waals surface area (Å²) in [6.45, 7) is 7.65. The molecule has 1 aliphatic carbocycles. The first-order chi connectivity index (χ1) is 18.3. The molecule has 0 unspecified atom stereocenters. The van der Waals surface area contributed by atoms with Crippen LogP contribution in [0.4, 0.5) is 5.95 Å². The van der Waals surface area contributed by atoms with E-state index in [1.807, 2.05) is 10.6 Å². The van der Waals surface area contributed by atoms with Gasteiger partial charge in [-0.1, -0.05) is 26.0 Å². The van der Waals surface area contributed by atoms with Crippen molar-refractivity contribution in [1.82, 2.24) is 14.5 Å². The van der Waals surface area contributed by atoms with Crippen molar-refractivity contribution in [3.8, 4) is 16.9 Å². The summed E-state index contributed by atoms with van der Waals surface area (Å²) < 4.78 is 30.6. The predicted octanol–water partition coefficient (Wildman–Crippen LogP) is 4.61. The van der Waals surface area contributed by atoms with Gasteiger partial charge in [-0.3, -0.25) is 9.59 Å². The predicted molar refractivity (Wildman–Crippen MR) is 148 cm³/mol. The molecule has 4 aromatic rings. The fourth-order valence-corrected chi connectivity index (χ4v) is 5.99. The monoisotopic (exact) mass is 543 g/mol. The molecule has 39 heavy (non-hydrogen) atoms. The lowest BCUT2D eigenvalue weighted by atomic mass is 9.76. The van der Waals surface area contributed by atoms with Gasteiger partial charge in [0.2, 0.25) is 11.9 Å². The lowest BCUT2D eigenvalue weighted by Crippen LogP contribution is -2.27. The number of primary amides is 1. The van der Waals surface area contributed by atoms with Gasteiger partial charge in [-0.15, -0.1) is 0 Å². The molecule has 0 fully saturated rings. The van der Waals surface area contributed by atoms with Crippen molar-refractivity contribution in [2.24, 2.45) is 11.1 Å². The lowest BCUT2D eigenvalue weighted by Gasteiger charge is -2.30. The van der Waals surface area contributed by atoms with Gasteiger partial charge in [0.1, 0.15) is 0 Å². The summed E-state index contributed by atoms with van der Waals surface area (Å²) in [5, 5.41) is 0. The van der Waals surface area contributed by atoms with E-state index in [1.54, 1.807) is 56.3 Å². The van der Waals surface area contributed by atoms with Crippen molar-refractivity contribution < 1.29 is 18.0 Å². The molecule has 5 rings (SSSR count). The molecule has 200 valence electrons. The van der Waals surface area contributed by atoms with E-state index in [4.69, 9.17) is 5.73 Å². The standard InChI is InChI=1S/C29H29N5O4S/c1-17-13-18(2)32-28(31-17)33-39(37,38)22-11-9-21(10-12-22)34-24(19-5-7-20(8-6-19)27(30)36)14-23-25(34)15-29(3,4)16-26(23)35/h5-14H,15-16H2,1-4H3,(H2,30,36)(H,31,32,33). The highest BCUT2D eigenvalue weighted by atomic mass is 32.2. The van der Waals surface area contributed by atoms with Gasteiger partial charge in [0.25, 0.3) is 10.0 Å². The summed E-state index contributed by atoms with van der Waals surface area (Å²) in [4.78, 5) is 33.1. The number of benzene rings is 2. The van der Waals surface area contributed by atoms with E-state index in [9.17, 15) is 18.0 Å². The van der Waals surface area contributed by atoms with Gasteiger partial charge < -0.3 is 10.3 Å². The maximum atomic E-state index is 13.1. The zero-order valence-corrected chi connectivity index (χ0v) is 23.0. The number of carbonyl (C=O) groups excluding carboxylic acids is 2. The molecule has 0 spiro atoms. The number of aryl methyl sites for hydroxylation is 2. The topological polar surface area (TPSA) is 137 Å². The number of rotatable bonds is 6. The van der Waals surface area contributed by atoms with Gasteiger partial charge in [0.15, 0.2) is 5.78 Å². The average molecular weight is 544 g/mol. The van der Waals surface area contributed by atoms with Gasteiger partial charge in [0, 0.05) is 40.3 Å². The Morgan fingerprint density at radius 2 is 1.56 bits per heavy atom. The number of amides is 1. The van der Waals surface area contributed by atoms with Crippen LogP contribution in [0, 0.1) is 19.3 Å². The Kier molecular flexibility index (Phi) is 6.38. The lowest BCUT2D eigenvalue weighted by molar-refractivity contribution is 0.0910. The third-order valence-corrected chi connectivity index (χ3v) is 8.11. The fraction of sp³-hybridized carbons (Fsp3) is 0.241. The third-order valence-electron chi connectivity index (χ3n) is 6.77. The minimum absolute atomic E-state index is 0.0125. The highest BCUT2D eigenvalue weighted by Crippen LogP contribution is 2.40. The SMILES string of the molecule is Cc1cc(C)nc(NS(=O)(=O)c2ccc(-n3c(-c4ccc(C(N)=O)cc4)cc4c3CC(C)(C)CC4=O)cc2)n1. The van der Waals surface area contributed by atoms with E-state index < -0.39 is 15.9 Å². The number of nitrogens with zero attached hydrogens (tertiary/aromatic N) is 3. The fourth-order valence-electron chi connectivity index (χ4n) is 5.05. The first-order valence-corrected chi connectivity index (χ1v) is 13.9. The van der Waals surface area contributed by atoms with E-state index in [1.165, 1.54) is 12.1 Å². The van der Waals surface area contributed by atoms with Crippen LogP contribution < -0.4 is 10.5 Å². The molecular weight excluding hydrogens is 514 g/mol. The molecule has 2 heterocycles. The largest absolute Gasteiger partial charge is 0.366 e. The zero-order chi connectivity index (χ0) is 28.1. The van der Waals surface area contributed by atoms with Crippen molar-refractivity contribution >= 4 is 27.7 Å². The molecule has 9 nitrogen and oxygen atoms in total. The van der Waals surface area contributed by atoms with Crippen molar-refractivity contribution in [3.05, 3.63) is 88.9 Å². The number of aromatic nitrogens is 3. The molecule has 3 N–H and O–H groups in total. The van der Waals surface area contributed by atoms with Crippen LogP contribution in [0.2, 0.25) is 0 Å². The minimum atomic E-state index is -3.93. The Morgan fingerprint density at radius 3 is 2.15 bits per heavy atom. The third kappa shape index (κ3) is 5.20. The first kappa shape index (κ1) is 26.3. The number of fused-ring (bicyclic) bond motifs is 1. The van der Waals surface area contributed by atoms with Crippen molar-refractivity contribution in [2.45, 2.75) is 45.4 Å². The van der Waals surface area contributed by atoms with Gasteiger partial charge in [-0.2, -0.15) is 0 Å². The second-order valence-electron chi connectivity index (χ2n) is 10.7. The average Bonchev–Trinajstić information content (AvgIpc) is 3.22. The van der Waals surface area contributed by atoms with E-state index >= 15 is 0 Å². The van der Waals surface area contributed by atoms with E-state index in [0.29, 0.717) is 41.0 Å². The Labute approximate surface area is 227 Å². The molecule has 0 atom stereocenters. The molecule has 1 aliphatic rings. The second-order valence-corrected chi connectivity index (χ2v) is 12.4. The molecule has 0 radical (unpaired) electrons. The smallest absolute Gasteiger partial charge is 0.264 e. The maximum absolute atomic E-state index is 13.1. The van der Waals surface area contributed by atoms with Crippen LogP contribution in [-0.4, -0.2) is 34.6 Å². The van der Waals surface area contributed by atoms with Crippen LogP contribution in [-0.2, 0) is 16.4 Å². The molecular formula is C29H29N5O4S. The Bertz CT molecular complexity index is 1700. The number of sulfonamides is 1. The molecule has 0 aliphatic heterocycles. The van der Waals surface area contributed by atoms with Crippen molar-refractivity contribution in [1.29, 1.82) is 0 Å². The summed E-state index contributed by atoms with van der Waals surface area (Å²) in [5.41, 5.74) is 10.7. The molecule has 0 bridgehead atoms. The maximum Gasteiger partial charge on any atom is 0.264 e. The highest BCUT2D eigenvalue weighted by Gasteiger charge is 2.35. The van der Waals surface area contributed by atoms with Crippen LogP contribution in [0.25, 0.3) is 16.9 Å². The second kappa shape index (κ2) is 9.46. The first-order valence-electron chi connectivity index (χ1n) is 12.5. The summed E-state index contributed by atoms with van der Waals surface area (Å²) in [7, 11) is -3.93. The van der Waals surface area contributed by atoms with Gasteiger partial charge in [-0.25, -0.2) is 23.1 Å². The van der Waals surface area contributed by atoms with Crippen molar-refractivity contribution in [2.75, 3.05) is 4.72 Å². The number of Topliss-reactive ketones (excluding diaryl/α,β-unsaturated/α-hetero) is 1. The summed E-state index contributed by atoms with van der Waals surface area (Å²) in [6.07, 6.45) is 1.10. The Balaban J connectivity index is 1.58. The number of hydrogen-bond donors (Lipinski definition) is 2. The minimum Gasteiger partial charge on any atom is -0.366 e. The summed E-state index contributed by atoms with van der Waals surface area (Å²) in [5.74, 6) is -0.449. The number of ketones is 1. The van der Waals surface area contributed by atoms with Crippen LogP contribution in [0.1, 0.15) is 58.1 Å². The molecule has 0 saturated heterocycles. The summed E-state index contributed by atoms with van der Waals surface area (Å²) >= 11 is 0. The number of nitrogens with two attached hydrogens (primary N) is 1. The summed E-state index contributed by atoms with van der Waals surface area (Å²) in [6, 6.07) is 17.0. The van der Waals surface area contributed by atoms with Crippen LogP contribution in [0.15, 0.2) is 65.6 Å². The number of hydrogen-bond acceptors (Lipinski definition) is 6. The molecule has 10 heteroatoms. The highest BCUT2D eigenvalue weighted by molar-refractivity contribution is 7.92. The van der Waals surface area contributed by atoms with Crippen LogP contribution in [0.5, 0.6) is 0 Å². The molecule has 2 aromatic heterocycles. The van der Waals surface area contributed by atoms with Gasteiger partial charge in [-0.05, 0) is 79.8 Å². The normalized spacial score (nSPS) is 14.6. The van der Waals surface area contributed by atoms with Gasteiger partial charge >= 0.3 is 0 Å². The van der Waals surface area contributed by atoms with Crippen molar-refractivity contribution in [3.63, 3.8) is 0 Å². The zero-order valence-electron chi connectivity index (χ0n) is 22.1. The van der Waals surface area contributed by atoms with E-state index in [0.717, 1.165) is 17.0 Å². The Morgan fingerprint density at radius 1 is 0.949 bits per heavy atom. The van der Waals surface area contributed by atoms with Crippen LogP contribution >= 0.6 is 0 Å². The number of anilines is 1. The van der Waals surface area contributed by atoms with E-state index in [2.05, 4.69) is 28.5 Å². The van der Waals surface area contributed by atoms with Crippen LogP contribution in [0.3, 0.4) is 0 Å². The number of nitrogens with one attached hydrogen (secondary N) is 1.